The van der Waals surface area contributed by atoms with Crippen LogP contribution in [-0.4, -0.2) is 24.7 Å². The number of pyridine rings is 1. The minimum atomic E-state index is 0.506. The molecule has 0 aliphatic carbocycles. The minimum absolute atomic E-state index is 0.506. The summed E-state index contributed by atoms with van der Waals surface area (Å²) >= 11 is 0. The Morgan fingerprint density at radius 2 is 1.75 bits per heavy atom. The van der Waals surface area contributed by atoms with Crippen molar-refractivity contribution in [1.82, 2.24) is 4.98 Å². The molecule has 0 aliphatic rings. The normalized spacial score (nSPS) is 10.1. The van der Waals surface area contributed by atoms with Crippen LogP contribution in [0, 0.1) is 0 Å². The Bertz CT molecular complexity index is 503. The molecule has 1 aromatic heterocycles. The van der Waals surface area contributed by atoms with Gasteiger partial charge in [0.05, 0.1) is 0 Å². The van der Waals surface area contributed by atoms with E-state index in [1.807, 2.05) is 42.5 Å². The van der Waals surface area contributed by atoms with Crippen molar-refractivity contribution in [3.05, 3.63) is 48.7 Å². The van der Waals surface area contributed by atoms with Gasteiger partial charge >= 0.3 is 0 Å². The first-order valence-electron chi connectivity index (χ1n) is 6.89. The van der Waals surface area contributed by atoms with E-state index in [2.05, 4.69) is 17.2 Å². The second kappa shape index (κ2) is 8.04. The van der Waals surface area contributed by atoms with Crippen LogP contribution in [0.3, 0.4) is 0 Å². The van der Waals surface area contributed by atoms with Crippen molar-refractivity contribution in [3.63, 3.8) is 0 Å². The predicted octanol–water partition coefficient (Wildman–Crippen LogP) is 3.36. The maximum absolute atomic E-state index is 5.64. The molecule has 4 nitrogen and oxygen atoms in total. The number of ether oxygens (including phenoxy) is 2. The number of rotatable bonds is 8. The lowest BCUT2D eigenvalue weighted by atomic mass is 10.3. The number of aromatic nitrogens is 1. The van der Waals surface area contributed by atoms with Crippen LogP contribution in [0.25, 0.3) is 0 Å². The van der Waals surface area contributed by atoms with Gasteiger partial charge in [-0.2, -0.15) is 0 Å². The highest BCUT2D eigenvalue weighted by atomic mass is 16.5. The number of anilines is 1. The van der Waals surface area contributed by atoms with E-state index < -0.39 is 0 Å². The van der Waals surface area contributed by atoms with Crippen LogP contribution >= 0.6 is 0 Å². The van der Waals surface area contributed by atoms with Crippen LogP contribution in [0.15, 0.2) is 48.7 Å². The molecule has 1 heterocycles. The average Bonchev–Trinajstić information content (AvgIpc) is 2.51. The minimum Gasteiger partial charge on any atom is -0.490 e. The molecule has 106 valence electrons. The zero-order chi connectivity index (χ0) is 14.0. The molecule has 0 spiro atoms. The Hall–Kier alpha value is -2.23. The van der Waals surface area contributed by atoms with E-state index in [1.165, 1.54) is 0 Å². The van der Waals surface area contributed by atoms with Gasteiger partial charge in [-0.05, 0) is 24.6 Å². The molecule has 0 radical (unpaired) electrons. The molecule has 1 N–H and O–H groups in total. The van der Waals surface area contributed by atoms with E-state index in [9.17, 15) is 0 Å². The van der Waals surface area contributed by atoms with Crippen LogP contribution in [0.1, 0.15) is 13.3 Å². The lowest BCUT2D eigenvalue weighted by molar-refractivity contribution is 0.217. The quantitative estimate of drug-likeness (QED) is 0.748. The predicted molar refractivity (Wildman–Crippen MR) is 80.4 cm³/mol. The van der Waals surface area contributed by atoms with Crippen molar-refractivity contribution < 1.29 is 9.47 Å². The highest BCUT2D eigenvalue weighted by Gasteiger charge is 1.98. The summed E-state index contributed by atoms with van der Waals surface area (Å²) < 4.78 is 11.2. The standard InChI is InChI=1S/C16H20N2O2/c1-2-9-17-16-13-15(8-10-18-16)20-12-11-19-14-6-4-3-5-7-14/h3-8,10,13H,2,9,11-12H2,1H3,(H,17,18). The maximum Gasteiger partial charge on any atom is 0.129 e. The molecule has 0 atom stereocenters. The van der Waals surface area contributed by atoms with Crippen LogP contribution in [-0.2, 0) is 0 Å². The van der Waals surface area contributed by atoms with Crippen molar-refractivity contribution in [1.29, 1.82) is 0 Å². The maximum atomic E-state index is 5.64. The molecule has 0 unspecified atom stereocenters. The SMILES string of the molecule is CCCNc1cc(OCCOc2ccccc2)ccn1. The third-order valence-corrected chi connectivity index (χ3v) is 2.65. The van der Waals surface area contributed by atoms with Crippen molar-refractivity contribution in [2.75, 3.05) is 25.1 Å². The first kappa shape index (κ1) is 14.2. The van der Waals surface area contributed by atoms with Crippen molar-refractivity contribution in [3.8, 4) is 11.5 Å². The molecular formula is C16H20N2O2. The van der Waals surface area contributed by atoms with Crippen molar-refractivity contribution >= 4 is 5.82 Å². The Balaban J connectivity index is 1.73. The van der Waals surface area contributed by atoms with Gasteiger partial charge in [0.15, 0.2) is 0 Å². The summed E-state index contributed by atoms with van der Waals surface area (Å²) in [6, 6.07) is 13.5. The van der Waals surface area contributed by atoms with Gasteiger partial charge in [0.2, 0.25) is 0 Å². The van der Waals surface area contributed by atoms with Crippen LogP contribution in [0.5, 0.6) is 11.5 Å². The molecule has 0 amide bonds. The molecule has 0 bridgehead atoms. The second-order valence-electron chi connectivity index (χ2n) is 4.31. The number of para-hydroxylation sites is 1. The van der Waals surface area contributed by atoms with E-state index in [0.29, 0.717) is 13.2 Å². The monoisotopic (exact) mass is 272 g/mol. The number of nitrogens with one attached hydrogen (secondary N) is 1. The zero-order valence-corrected chi connectivity index (χ0v) is 11.7. The molecule has 0 saturated heterocycles. The first-order chi connectivity index (χ1) is 9.88. The highest BCUT2D eigenvalue weighted by Crippen LogP contribution is 2.14. The van der Waals surface area contributed by atoms with Crippen molar-refractivity contribution in [2.45, 2.75) is 13.3 Å². The molecule has 20 heavy (non-hydrogen) atoms. The Kier molecular flexibility index (Phi) is 5.71. The lowest BCUT2D eigenvalue weighted by Crippen LogP contribution is -2.09. The largest absolute Gasteiger partial charge is 0.490 e. The van der Waals surface area contributed by atoms with Gasteiger partial charge in [0.1, 0.15) is 30.5 Å². The van der Waals surface area contributed by atoms with E-state index >= 15 is 0 Å². The van der Waals surface area contributed by atoms with Crippen molar-refractivity contribution in [2.24, 2.45) is 0 Å². The zero-order valence-electron chi connectivity index (χ0n) is 11.7. The van der Waals surface area contributed by atoms with Gasteiger partial charge in [-0.1, -0.05) is 25.1 Å². The average molecular weight is 272 g/mol. The van der Waals surface area contributed by atoms with Gasteiger partial charge in [-0.15, -0.1) is 0 Å². The Labute approximate surface area is 119 Å². The summed E-state index contributed by atoms with van der Waals surface area (Å²) in [4.78, 5) is 4.23. The summed E-state index contributed by atoms with van der Waals surface area (Å²) in [5.41, 5.74) is 0. The molecule has 2 aromatic rings. The van der Waals surface area contributed by atoms with Gasteiger partial charge < -0.3 is 14.8 Å². The fourth-order valence-electron chi connectivity index (χ4n) is 1.69. The van der Waals surface area contributed by atoms with Crippen LogP contribution in [0.2, 0.25) is 0 Å². The van der Waals surface area contributed by atoms with E-state index in [4.69, 9.17) is 9.47 Å². The molecule has 4 heteroatoms. The van der Waals surface area contributed by atoms with Gasteiger partial charge in [0, 0.05) is 18.8 Å². The second-order valence-corrected chi connectivity index (χ2v) is 4.31. The third-order valence-electron chi connectivity index (χ3n) is 2.65. The fraction of sp³-hybridized carbons (Fsp3) is 0.312. The number of nitrogens with zero attached hydrogens (tertiary/aromatic N) is 1. The number of hydrogen-bond acceptors (Lipinski definition) is 4. The molecule has 0 saturated carbocycles. The Morgan fingerprint density at radius 3 is 2.50 bits per heavy atom. The summed E-state index contributed by atoms with van der Waals surface area (Å²) in [5, 5.41) is 3.23. The highest BCUT2D eigenvalue weighted by molar-refractivity contribution is 5.40. The topological polar surface area (TPSA) is 43.4 Å². The number of benzene rings is 1. The summed E-state index contributed by atoms with van der Waals surface area (Å²) in [6.07, 6.45) is 2.81. The van der Waals surface area contributed by atoms with E-state index in [1.54, 1.807) is 6.20 Å². The molecule has 0 aliphatic heterocycles. The molecule has 0 fully saturated rings. The van der Waals surface area contributed by atoms with E-state index in [-0.39, 0.29) is 0 Å². The van der Waals surface area contributed by atoms with Crippen LogP contribution < -0.4 is 14.8 Å². The Morgan fingerprint density at radius 1 is 1.00 bits per heavy atom. The molecule has 2 rings (SSSR count). The smallest absolute Gasteiger partial charge is 0.129 e. The fourth-order valence-corrected chi connectivity index (χ4v) is 1.69. The van der Waals surface area contributed by atoms with Gasteiger partial charge in [-0.25, -0.2) is 4.98 Å². The van der Waals surface area contributed by atoms with Crippen LogP contribution in [0.4, 0.5) is 5.82 Å². The summed E-state index contributed by atoms with van der Waals surface area (Å²) in [7, 11) is 0. The third kappa shape index (κ3) is 4.80. The molecular weight excluding hydrogens is 252 g/mol. The lowest BCUT2D eigenvalue weighted by Gasteiger charge is -2.09. The number of hydrogen-bond donors (Lipinski definition) is 1. The van der Waals surface area contributed by atoms with Gasteiger partial charge in [-0.3, -0.25) is 0 Å². The summed E-state index contributed by atoms with van der Waals surface area (Å²) in [6.45, 7) is 4.05. The van der Waals surface area contributed by atoms with E-state index in [0.717, 1.165) is 30.3 Å². The van der Waals surface area contributed by atoms with Gasteiger partial charge in [0.25, 0.3) is 0 Å². The first-order valence-corrected chi connectivity index (χ1v) is 6.89. The molecule has 1 aromatic carbocycles. The summed E-state index contributed by atoms with van der Waals surface area (Å²) in [5.74, 6) is 2.50.